The highest BCUT2D eigenvalue weighted by molar-refractivity contribution is 5.45. The first-order chi connectivity index (χ1) is 11.7. The van der Waals surface area contributed by atoms with E-state index in [9.17, 15) is 5.26 Å². The van der Waals surface area contributed by atoms with Gasteiger partial charge in [0.25, 0.3) is 0 Å². The molecule has 124 valence electrons. The van der Waals surface area contributed by atoms with Gasteiger partial charge in [0.2, 0.25) is 0 Å². The number of aryl methyl sites for hydroxylation is 1. The van der Waals surface area contributed by atoms with Crippen LogP contribution in [0.1, 0.15) is 29.5 Å². The van der Waals surface area contributed by atoms with Crippen molar-refractivity contribution in [2.75, 3.05) is 20.3 Å². The van der Waals surface area contributed by atoms with Crippen LogP contribution in [0.25, 0.3) is 0 Å². The van der Waals surface area contributed by atoms with Gasteiger partial charge in [0.15, 0.2) is 11.5 Å². The largest absolute Gasteiger partial charge is 0.496 e. The smallest absolute Gasteiger partial charge is 0.161 e. The number of benzene rings is 2. The van der Waals surface area contributed by atoms with Crippen molar-refractivity contribution in [3.8, 4) is 23.3 Å². The maximum atomic E-state index is 9.63. The molecule has 1 unspecified atom stereocenters. The molecule has 0 radical (unpaired) electrons. The van der Waals surface area contributed by atoms with Gasteiger partial charge in [-0.05, 0) is 47.7 Å². The second-order valence-corrected chi connectivity index (χ2v) is 5.79. The predicted molar refractivity (Wildman–Crippen MR) is 91.9 cm³/mol. The molecule has 2 aromatic rings. The third-order valence-corrected chi connectivity index (χ3v) is 4.29. The van der Waals surface area contributed by atoms with Crippen molar-refractivity contribution in [1.82, 2.24) is 0 Å². The van der Waals surface area contributed by atoms with Crippen LogP contribution in [0.5, 0.6) is 17.2 Å². The van der Waals surface area contributed by atoms with E-state index in [0.29, 0.717) is 19.6 Å². The number of hydrogen-bond donors (Lipinski definition) is 0. The fraction of sp³-hybridized carbons (Fsp3) is 0.350. The number of nitrogens with zero attached hydrogens (tertiary/aromatic N) is 1. The molecule has 0 saturated carbocycles. The maximum Gasteiger partial charge on any atom is 0.161 e. The molecule has 0 spiro atoms. The quantitative estimate of drug-likeness (QED) is 0.838. The summed E-state index contributed by atoms with van der Waals surface area (Å²) < 4.78 is 16.5. The van der Waals surface area contributed by atoms with E-state index in [1.165, 1.54) is 0 Å². The summed E-state index contributed by atoms with van der Waals surface area (Å²) in [5.41, 5.74) is 3.21. The number of methoxy groups -OCH3 is 1. The Hall–Kier alpha value is -2.67. The molecule has 0 bridgehead atoms. The van der Waals surface area contributed by atoms with Crippen LogP contribution in [0.15, 0.2) is 36.4 Å². The van der Waals surface area contributed by atoms with Crippen molar-refractivity contribution in [2.45, 2.75) is 25.7 Å². The Kier molecular flexibility index (Phi) is 4.90. The average Bonchev–Trinajstić information content (AvgIpc) is 2.65. The van der Waals surface area contributed by atoms with E-state index in [4.69, 9.17) is 14.2 Å². The van der Waals surface area contributed by atoms with Gasteiger partial charge in [-0.1, -0.05) is 25.1 Å². The lowest BCUT2D eigenvalue weighted by Gasteiger charge is -2.19. The number of rotatable bonds is 5. The zero-order valence-electron chi connectivity index (χ0n) is 14.0. The van der Waals surface area contributed by atoms with Gasteiger partial charge in [-0.15, -0.1) is 0 Å². The zero-order valence-corrected chi connectivity index (χ0v) is 14.0. The van der Waals surface area contributed by atoms with Crippen molar-refractivity contribution in [3.63, 3.8) is 0 Å². The Morgan fingerprint density at radius 3 is 2.62 bits per heavy atom. The summed E-state index contributed by atoms with van der Waals surface area (Å²) in [5, 5.41) is 9.63. The fourth-order valence-corrected chi connectivity index (χ4v) is 2.98. The summed E-state index contributed by atoms with van der Waals surface area (Å²) >= 11 is 0. The van der Waals surface area contributed by atoms with E-state index in [0.717, 1.165) is 40.4 Å². The second kappa shape index (κ2) is 7.27. The number of ether oxygens (including phenoxy) is 3. The third-order valence-electron chi connectivity index (χ3n) is 4.29. The van der Waals surface area contributed by atoms with Gasteiger partial charge in [0.1, 0.15) is 19.0 Å². The summed E-state index contributed by atoms with van der Waals surface area (Å²) in [4.78, 5) is 0. The molecule has 4 nitrogen and oxygen atoms in total. The molecule has 1 heterocycles. The third kappa shape index (κ3) is 3.30. The Bertz CT molecular complexity index is 764. The van der Waals surface area contributed by atoms with E-state index in [1.807, 2.05) is 30.3 Å². The van der Waals surface area contributed by atoms with Gasteiger partial charge in [0, 0.05) is 0 Å². The van der Waals surface area contributed by atoms with Crippen LogP contribution in [-0.2, 0) is 12.8 Å². The van der Waals surface area contributed by atoms with E-state index in [1.54, 1.807) is 7.11 Å². The maximum absolute atomic E-state index is 9.63. The van der Waals surface area contributed by atoms with Crippen LogP contribution in [0.2, 0.25) is 0 Å². The molecule has 1 atom stereocenters. The highest BCUT2D eigenvalue weighted by Gasteiger charge is 2.17. The Morgan fingerprint density at radius 1 is 1.12 bits per heavy atom. The topological polar surface area (TPSA) is 51.5 Å². The van der Waals surface area contributed by atoms with Gasteiger partial charge >= 0.3 is 0 Å². The van der Waals surface area contributed by atoms with Gasteiger partial charge in [-0.3, -0.25) is 0 Å². The van der Waals surface area contributed by atoms with E-state index in [-0.39, 0.29) is 5.92 Å². The molecule has 1 aliphatic heterocycles. The van der Waals surface area contributed by atoms with Gasteiger partial charge in [-0.25, -0.2) is 0 Å². The molecule has 24 heavy (non-hydrogen) atoms. The monoisotopic (exact) mass is 323 g/mol. The van der Waals surface area contributed by atoms with Gasteiger partial charge in [0.05, 0.1) is 19.1 Å². The molecule has 0 aliphatic carbocycles. The molecule has 2 aromatic carbocycles. The molecule has 4 heteroatoms. The van der Waals surface area contributed by atoms with Crippen molar-refractivity contribution in [1.29, 1.82) is 5.26 Å². The van der Waals surface area contributed by atoms with Crippen LogP contribution < -0.4 is 14.2 Å². The van der Waals surface area contributed by atoms with Crippen LogP contribution in [-0.4, -0.2) is 20.3 Å². The summed E-state index contributed by atoms with van der Waals surface area (Å²) in [5.74, 6) is 2.21. The van der Waals surface area contributed by atoms with E-state index in [2.05, 4.69) is 19.1 Å². The van der Waals surface area contributed by atoms with Crippen molar-refractivity contribution < 1.29 is 14.2 Å². The molecule has 0 aromatic heterocycles. The van der Waals surface area contributed by atoms with Crippen molar-refractivity contribution in [3.05, 3.63) is 53.1 Å². The van der Waals surface area contributed by atoms with Crippen LogP contribution in [0.3, 0.4) is 0 Å². The highest BCUT2D eigenvalue weighted by atomic mass is 16.6. The first-order valence-electron chi connectivity index (χ1n) is 8.20. The standard InChI is InChI=1S/C20H21NO3/c1-3-15-12-16(5-7-18(15)22-2)17(13-21)10-14-4-6-19-20(11-14)24-9-8-23-19/h4-7,11-12,17H,3,8-10H2,1-2H3. The van der Waals surface area contributed by atoms with Crippen LogP contribution >= 0.6 is 0 Å². The molecule has 1 aliphatic rings. The normalized spacial score (nSPS) is 13.9. The van der Waals surface area contributed by atoms with Gasteiger partial charge in [-0.2, -0.15) is 5.26 Å². The lowest BCUT2D eigenvalue weighted by atomic mass is 9.91. The van der Waals surface area contributed by atoms with E-state index >= 15 is 0 Å². The predicted octanol–water partition coefficient (Wildman–Crippen LogP) is 3.88. The molecule has 0 N–H and O–H groups in total. The average molecular weight is 323 g/mol. The SMILES string of the molecule is CCc1cc(C(C#N)Cc2ccc3c(c2)OCCO3)ccc1OC. The number of fused-ring (bicyclic) bond motifs is 1. The van der Waals surface area contributed by atoms with E-state index < -0.39 is 0 Å². The number of hydrogen-bond acceptors (Lipinski definition) is 4. The van der Waals surface area contributed by atoms with Gasteiger partial charge < -0.3 is 14.2 Å². The first-order valence-corrected chi connectivity index (χ1v) is 8.20. The second-order valence-electron chi connectivity index (χ2n) is 5.79. The summed E-state index contributed by atoms with van der Waals surface area (Å²) in [6.07, 6.45) is 1.52. The highest BCUT2D eigenvalue weighted by Crippen LogP contribution is 2.33. The Balaban J connectivity index is 1.83. The van der Waals surface area contributed by atoms with Crippen LogP contribution in [0.4, 0.5) is 0 Å². The lowest BCUT2D eigenvalue weighted by Crippen LogP contribution is -2.15. The lowest BCUT2D eigenvalue weighted by molar-refractivity contribution is 0.171. The number of nitriles is 1. The molecule has 0 fully saturated rings. The summed E-state index contributed by atoms with van der Waals surface area (Å²) in [6, 6.07) is 14.3. The van der Waals surface area contributed by atoms with Crippen LogP contribution in [0, 0.1) is 11.3 Å². The molecule has 0 amide bonds. The molecule has 0 saturated heterocycles. The fourth-order valence-electron chi connectivity index (χ4n) is 2.98. The molecular weight excluding hydrogens is 302 g/mol. The molecular formula is C20H21NO3. The summed E-state index contributed by atoms with van der Waals surface area (Å²) in [7, 11) is 1.67. The minimum Gasteiger partial charge on any atom is -0.496 e. The zero-order chi connectivity index (χ0) is 16.9. The first kappa shape index (κ1) is 16.2. The summed E-state index contributed by atoms with van der Waals surface area (Å²) in [6.45, 7) is 3.24. The minimum atomic E-state index is -0.205. The molecule has 3 rings (SSSR count). The van der Waals surface area contributed by atoms with Crippen molar-refractivity contribution >= 4 is 0 Å². The Labute approximate surface area is 142 Å². The minimum absolute atomic E-state index is 0.205. The van der Waals surface area contributed by atoms with Crippen molar-refractivity contribution in [2.24, 2.45) is 0 Å². The Morgan fingerprint density at radius 2 is 1.92 bits per heavy atom.